The molecule has 0 N–H and O–H groups in total. The molecule has 0 radical (unpaired) electrons. The Balaban J connectivity index is 2.21. The van der Waals surface area contributed by atoms with Gasteiger partial charge in [0.1, 0.15) is 11.5 Å². The van der Waals surface area contributed by atoms with Crippen molar-refractivity contribution in [2.45, 2.75) is 13.8 Å². The fourth-order valence-electron chi connectivity index (χ4n) is 2.08. The zero-order chi connectivity index (χ0) is 12.0. The molecule has 0 spiro atoms. The van der Waals surface area contributed by atoms with Crippen LogP contribution in [0.2, 0.25) is 0 Å². The molecule has 0 aromatic heterocycles. The molecule has 0 atom stereocenters. The van der Waals surface area contributed by atoms with Gasteiger partial charge in [-0.25, -0.2) is 0 Å². The quantitative estimate of drug-likeness (QED) is 0.575. The smallest absolute Gasteiger partial charge is 0.135 e. The number of hydrogen-bond acceptors (Lipinski definition) is 2. The average Bonchev–Trinajstić information content (AvgIpc) is 2.32. The standard InChI is InChI=1S/C14H13OPS/c1-9-3-5-11-13(7-9)16(17)14-8-10(2)4-6-12(14)15-11/h3-8,16H,1-2H3. The Morgan fingerprint density at radius 1 is 0.882 bits per heavy atom. The first-order chi connectivity index (χ1) is 8.15. The number of rotatable bonds is 0. The van der Waals surface area contributed by atoms with Gasteiger partial charge in [0.25, 0.3) is 0 Å². The summed E-state index contributed by atoms with van der Waals surface area (Å²) in [6, 6.07) is 12.5. The average molecular weight is 260 g/mol. The largest absolute Gasteiger partial charge is 0.456 e. The second kappa shape index (κ2) is 3.97. The van der Waals surface area contributed by atoms with E-state index in [-0.39, 0.29) is 0 Å². The van der Waals surface area contributed by atoms with Gasteiger partial charge in [-0.2, -0.15) is 0 Å². The van der Waals surface area contributed by atoms with E-state index >= 15 is 0 Å². The Morgan fingerprint density at radius 3 is 1.82 bits per heavy atom. The summed E-state index contributed by atoms with van der Waals surface area (Å²) in [6.45, 7) is 3.10. The van der Waals surface area contributed by atoms with E-state index in [0.29, 0.717) is 0 Å². The van der Waals surface area contributed by atoms with E-state index in [9.17, 15) is 0 Å². The van der Waals surface area contributed by atoms with Crippen molar-refractivity contribution >= 4 is 29.1 Å². The molecule has 3 heteroatoms. The Bertz CT molecular complexity index is 581. The molecule has 86 valence electrons. The molecule has 17 heavy (non-hydrogen) atoms. The lowest BCUT2D eigenvalue weighted by Gasteiger charge is -2.22. The minimum absolute atomic E-state index is 0.941. The van der Waals surface area contributed by atoms with Crippen LogP contribution in [0.15, 0.2) is 36.4 Å². The third-order valence-corrected chi connectivity index (χ3v) is 6.06. The zero-order valence-corrected chi connectivity index (χ0v) is 11.6. The normalized spacial score (nSPS) is 13.8. The molecule has 0 fully saturated rings. The first-order valence-electron chi connectivity index (χ1n) is 5.59. The van der Waals surface area contributed by atoms with E-state index in [0.717, 1.165) is 11.5 Å². The topological polar surface area (TPSA) is 9.23 Å². The van der Waals surface area contributed by atoms with Crippen LogP contribution >= 0.6 is 6.70 Å². The molecule has 1 nitrogen and oxygen atoms in total. The monoisotopic (exact) mass is 260 g/mol. The van der Waals surface area contributed by atoms with Crippen LogP contribution in [0.5, 0.6) is 11.5 Å². The van der Waals surface area contributed by atoms with Gasteiger partial charge in [0.2, 0.25) is 0 Å². The molecule has 0 aliphatic carbocycles. The van der Waals surface area contributed by atoms with Gasteiger partial charge in [0.05, 0.1) is 0 Å². The van der Waals surface area contributed by atoms with Gasteiger partial charge >= 0.3 is 0 Å². The van der Waals surface area contributed by atoms with Gasteiger partial charge < -0.3 is 4.74 Å². The predicted molar refractivity (Wildman–Crippen MR) is 77.4 cm³/mol. The first-order valence-corrected chi connectivity index (χ1v) is 8.22. The van der Waals surface area contributed by atoms with Crippen LogP contribution in [0.25, 0.3) is 0 Å². The summed E-state index contributed by atoms with van der Waals surface area (Å²) in [7, 11) is 0. The van der Waals surface area contributed by atoms with E-state index in [2.05, 4.69) is 38.1 Å². The maximum atomic E-state index is 5.92. The molecule has 1 aliphatic rings. The highest BCUT2D eigenvalue weighted by Crippen LogP contribution is 2.37. The number of aryl methyl sites for hydroxylation is 2. The Labute approximate surface area is 107 Å². The molecule has 1 aliphatic heterocycles. The van der Waals surface area contributed by atoms with Crippen molar-refractivity contribution in [2.24, 2.45) is 0 Å². The van der Waals surface area contributed by atoms with Crippen molar-refractivity contribution in [1.82, 2.24) is 0 Å². The summed E-state index contributed by atoms with van der Waals surface area (Å²) < 4.78 is 5.92. The molecule has 3 rings (SSSR count). The summed E-state index contributed by atoms with van der Waals surface area (Å²) in [4.78, 5) is 0. The van der Waals surface area contributed by atoms with E-state index in [4.69, 9.17) is 16.5 Å². The van der Waals surface area contributed by atoms with Crippen molar-refractivity contribution in [1.29, 1.82) is 0 Å². The van der Waals surface area contributed by atoms with Crippen LogP contribution in [0.3, 0.4) is 0 Å². The summed E-state index contributed by atoms with van der Waals surface area (Å²) in [5.74, 6) is 1.88. The van der Waals surface area contributed by atoms with Gasteiger partial charge in [-0.15, -0.1) is 0 Å². The van der Waals surface area contributed by atoms with Gasteiger partial charge in [-0.1, -0.05) is 35.1 Å². The molecule has 2 aromatic carbocycles. The molecular formula is C14H13OPS. The zero-order valence-electron chi connectivity index (χ0n) is 9.78. The molecule has 1 heterocycles. The highest BCUT2D eigenvalue weighted by molar-refractivity contribution is 8.12. The van der Waals surface area contributed by atoms with Gasteiger partial charge in [-0.3, -0.25) is 0 Å². The summed E-state index contributed by atoms with van der Waals surface area (Å²) in [5, 5.41) is 2.42. The van der Waals surface area contributed by atoms with Crippen LogP contribution in [-0.2, 0) is 11.8 Å². The second-order valence-electron chi connectivity index (χ2n) is 4.43. The Hall–Kier alpha value is -1.11. The fourth-order valence-corrected chi connectivity index (χ4v) is 4.77. The number of hydrogen-bond donors (Lipinski definition) is 0. The second-order valence-corrected chi connectivity index (χ2v) is 7.39. The molecule has 0 unspecified atom stereocenters. The predicted octanol–water partition coefficient (Wildman–Crippen LogP) is 3.04. The van der Waals surface area contributed by atoms with Crippen LogP contribution < -0.4 is 15.3 Å². The summed E-state index contributed by atoms with van der Waals surface area (Å²) >= 11 is 5.74. The fraction of sp³-hybridized carbons (Fsp3) is 0.143. The molecule has 2 aromatic rings. The lowest BCUT2D eigenvalue weighted by Crippen LogP contribution is -2.17. The minimum Gasteiger partial charge on any atom is -0.456 e. The summed E-state index contributed by atoms with van der Waals surface area (Å²) in [5.41, 5.74) is 2.49. The van der Waals surface area contributed by atoms with Gasteiger partial charge in [0, 0.05) is 17.3 Å². The number of benzene rings is 2. The van der Waals surface area contributed by atoms with Crippen LogP contribution in [-0.4, -0.2) is 0 Å². The van der Waals surface area contributed by atoms with Crippen molar-refractivity contribution < 1.29 is 4.74 Å². The van der Waals surface area contributed by atoms with Crippen molar-refractivity contribution in [2.75, 3.05) is 0 Å². The number of ether oxygens (including phenoxy) is 1. The molecular weight excluding hydrogens is 247 g/mol. The first kappa shape index (κ1) is 11.0. The van der Waals surface area contributed by atoms with E-state index in [1.165, 1.54) is 21.7 Å². The SMILES string of the molecule is Cc1ccc2c(c1)[PH](=S)c1cc(C)ccc1O2. The summed E-state index contributed by atoms with van der Waals surface area (Å²) in [6.07, 6.45) is 0. The number of fused-ring (bicyclic) bond motifs is 2. The maximum Gasteiger partial charge on any atom is 0.135 e. The van der Waals surface area contributed by atoms with E-state index < -0.39 is 6.70 Å². The molecule has 0 saturated heterocycles. The van der Waals surface area contributed by atoms with E-state index in [1.807, 2.05) is 12.1 Å². The third-order valence-electron chi connectivity index (χ3n) is 2.98. The molecule has 0 amide bonds. The lowest BCUT2D eigenvalue weighted by molar-refractivity contribution is 0.488. The van der Waals surface area contributed by atoms with Gasteiger partial charge in [0.15, 0.2) is 0 Å². The Morgan fingerprint density at radius 2 is 1.35 bits per heavy atom. The van der Waals surface area contributed by atoms with Crippen molar-refractivity contribution in [3.8, 4) is 11.5 Å². The van der Waals surface area contributed by atoms with Crippen molar-refractivity contribution in [3.63, 3.8) is 0 Å². The Kier molecular flexibility index (Phi) is 2.57. The van der Waals surface area contributed by atoms with Crippen LogP contribution in [0, 0.1) is 13.8 Å². The maximum absolute atomic E-state index is 5.92. The van der Waals surface area contributed by atoms with Crippen LogP contribution in [0.1, 0.15) is 11.1 Å². The highest BCUT2D eigenvalue weighted by Gasteiger charge is 2.20. The van der Waals surface area contributed by atoms with Crippen molar-refractivity contribution in [3.05, 3.63) is 47.5 Å². The van der Waals surface area contributed by atoms with Gasteiger partial charge in [-0.05, 0) is 38.1 Å². The molecule has 0 bridgehead atoms. The highest BCUT2D eigenvalue weighted by atomic mass is 32.4. The molecule has 0 saturated carbocycles. The third kappa shape index (κ3) is 1.82. The van der Waals surface area contributed by atoms with Crippen LogP contribution in [0.4, 0.5) is 0 Å². The van der Waals surface area contributed by atoms with E-state index in [1.54, 1.807) is 0 Å². The lowest BCUT2D eigenvalue weighted by atomic mass is 10.2. The minimum atomic E-state index is -1.09.